The van der Waals surface area contributed by atoms with E-state index in [0.717, 1.165) is 19.4 Å². The highest BCUT2D eigenvalue weighted by Crippen LogP contribution is 2.05. The van der Waals surface area contributed by atoms with Gasteiger partial charge in [-0.25, -0.2) is 8.42 Å². The number of sulfone groups is 1. The van der Waals surface area contributed by atoms with Crippen molar-refractivity contribution < 1.29 is 8.42 Å². The number of unbranched alkanes of at least 4 members (excludes halogenated alkanes) is 1. The number of rotatable bonds is 6. The summed E-state index contributed by atoms with van der Waals surface area (Å²) in [5, 5.41) is 3.10. The topological polar surface area (TPSA) is 46.2 Å². The van der Waals surface area contributed by atoms with Crippen molar-refractivity contribution in [2.24, 2.45) is 0 Å². The van der Waals surface area contributed by atoms with E-state index in [4.69, 9.17) is 0 Å². The highest BCUT2D eigenvalue weighted by Gasteiger charge is 2.15. The summed E-state index contributed by atoms with van der Waals surface area (Å²) < 4.78 is 22.9. The molecule has 0 radical (unpaired) electrons. The van der Waals surface area contributed by atoms with Crippen LogP contribution in [-0.2, 0) is 9.84 Å². The third-order valence-corrected chi connectivity index (χ3v) is 4.52. The van der Waals surface area contributed by atoms with Gasteiger partial charge in [-0.05, 0) is 54.0 Å². The number of hydrogen-bond donors (Lipinski definition) is 1. The maximum atomic E-state index is 11.5. The van der Waals surface area contributed by atoms with Crippen LogP contribution in [0.1, 0.15) is 47.5 Å². The molecule has 0 aromatic carbocycles. The predicted octanol–water partition coefficient (Wildman–Crippen LogP) is 1.98. The molecular weight excluding hydrogens is 210 g/mol. The molecule has 0 aliphatic carbocycles. The Balaban J connectivity index is 3.65. The fourth-order valence-corrected chi connectivity index (χ4v) is 2.21. The van der Waals surface area contributed by atoms with Crippen LogP contribution >= 0.6 is 0 Å². The fourth-order valence-electron chi connectivity index (χ4n) is 1.13. The number of nitrogens with one attached hydrogen (secondary N) is 1. The Hall–Kier alpha value is -0.0900. The van der Waals surface area contributed by atoms with Gasteiger partial charge in [0.05, 0.1) is 11.0 Å². The van der Waals surface area contributed by atoms with E-state index in [-0.39, 0.29) is 10.8 Å². The van der Waals surface area contributed by atoms with Crippen LogP contribution in [-0.4, -0.2) is 31.5 Å². The van der Waals surface area contributed by atoms with Crippen LogP contribution in [0.4, 0.5) is 0 Å². The van der Waals surface area contributed by atoms with Crippen LogP contribution in [0.5, 0.6) is 0 Å². The van der Waals surface area contributed by atoms with Crippen LogP contribution in [0.15, 0.2) is 0 Å². The van der Waals surface area contributed by atoms with Gasteiger partial charge in [-0.15, -0.1) is 0 Å². The normalized spacial score (nSPS) is 13.5. The smallest absolute Gasteiger partial charge is 0.152 e. The summed E-state index contributed by atoms with van der Waals surface area (Å²) in [6.45, 7) is 10.7. The van der Waals surface area contributed by atoms with Gasteiger partial charge in [0.15, 0.2) is 9.84 Å². The lowest BCUT2D eigenvalue weighted by Gasteiger charge is -2.20. The van der Waals surface area contributed by atoms with Crippen molar-refractivity contribution in [3.63, 3.8) is 0 Å². The molecule has 0 unspecified atom stereocenters. The highest BCUT2D eigenvalue weighted by atomic mass is 32.2. The molecule has 0 heterocycles. The van der Waals surface area contributed by atoms with Crippen LogP contribution < -0.4 is 5.32 Å². The average molecular weight is 235 g/mol. The summed E-state index contributed by atoms with van der Waals surface area (Å²) in [4.78, 5) is 0. The summed E-state index contributed by atoms with van der Waals surface area (Å²) >= 11 is 0. The third kappa shape index (κ3) is 7.79. The number of hydrogen-bond acceptors (Lipinski definition) is 3. The van der Waals surface area contributed by atoms with E-state index in [1.54, 1.807) is 13.8 Å². The van der Waals surface area contributed by atoms with Gasteiger partial charge in [0.1, 0.15) is 0 Å². The standard InChI is InChI=1S/C11H25NO2S/c1-10(2)15(13,14)9-7-6-8-12-11(3,4)5/h10,12H,6-9H2,1-5H3. The maximum Gasteiger partial charge on any atom is 0.152 e. The third-order valence-electron chi connectivity index (χ3n) is 2.23. The Morgan fingerprint density at radius 2 is 1.67 bits per heavy atom. The molecule has 0 spiro atoms. The minimum absolute atomic E-state index is 0.122. The molecule has 3 nitrogen and oxygen atoms in total. The molecule has 0 aliphatic rings. The molecule has 15 heavy (non-hydrogen) atoms. The lowest BCUT2D eigenvalue weighted by Crippen LogP contribution is -2.36. The molecule has 92 valence electrons. The molecule has 0 rings (SSSR count). The van der Waals surface area contributed by atoms with E-state index in [1.165, 1.54) is 0 Å². The lowest BCUT2D eigenvalue weighted by atomic mass is 10.1. The summed E-state index contributed by atoms with van der Waals surface area (Å²) in [7, 11) is -2.84. The van der Waals surface area contributed by atoms with Crippen LogP contribution in [0.3, 0.4) is 0 Å². The molecule has 0 aromatic heterocycles. The summed E-state index contributed by atoms with van der Waals surface area (Å²) in [5.74, 6) is 0.316. The first kappa shape index (κ1) is 14.9. The van der Waals surface area contributed by atoms with E-state index in [9.17, 15) is 8.42 Å². The van der Waals surface area contributed by atoms with Crippen molar-refractivity contribution in [3.05, 3.63) is 0 Å². The minimum atomic E-state index is -2.84. The molecule has 0 bridgehead atoms. The van der Waals surface area contributed by atoms with E-state index >= 15 is 0 Å². The monoisotopic (exact) mass is 235 g/mol. The van der Waals surface area contributed by atoms with Gasteiger partial charge in [-0.1, -0.05) is 0 Å². The van der Waals surface area contributed by atoms with Crippen molar-refractivity contribution >= 4 is 9.84 Å². The molecular formula is C11H25NO2S. The molecule has 0 amide bonds. The molecule has 0 atom stereocenters. The van der Waals surface area contributed by atoms with E-state index in [2.05, 4.69) is 26.1 Å². The van der Waals surface area contributed by atoms with E-state index in [0.29, 0.717) is 5.75 Å². The Morgan fingerprint density at radius 3 is 2.07 bits per heavy atom. The van der Waals surface area contributed by atoms with Crippen LogP contribution in [0.25, 0.3) is 0 Å². The van der Waals surface area contributed by atoms with E-state index in [1.807, 2.05) is 0 Å². The van der Waals surface area contributed by atoms with Crippen molar-refractivity contribution in [3.8, 4) is 0 Å². The van der Waals surface area contributed by atoms with Crippen molar-refractivity contribution in [1.82, 2.24) is 5.32 Å². The Morgan fingerprint density at radius 1 is 1.13 bits per heavy atom. The van der Waals surface area contributed by atoms with Gasteiger partial charge >= 0.3 is 0 Å². The minimum Gasteiger partial charge on any atom is -0.312 e. The van der Waals surface area contributed by atoms with Crippen LogP contribution in [0, 0.1) is 0 Å². The van der Waals surface area contributed by atoms with Gasteiger partial charge in [-0.3, -0.25) is 0 Å². The molecule has 0 aromatic rings. The zero-order valence-corrected chi connectivity index (χ0v) is 11.4. The second kappa shape index (κ2) is 5.85. The van der Waals surface area contributed by atoms with Gasteiger partial charge in [0.2, 0.25) is 0 Å². The molecule has 0 fully saturated rings. The van der Waals surface area contributed by atoms with Gasteiger partial charge < -0.3 is 5.32 Å². The molecule has 0 aliphatic heterocycles. The second-order valence-electron chi connectivity index (χ2n) is 5.30. The highest BCUT2D eigenvalue weighted by molar-refractivity contribution is 7.91. The first-order chi connectivity index (χ1) is 6.65. The quantitative estimate of drug-likeness (QED) is 0.716. The average Bonchev–Trinajstić information content (AvgIpc) is 2.00. The Kier molecular flexibility index (Phi) is 5.81. The van der Waals surface area contributed by atoms with Gasteiger partial charge in [0, 0.05) is 5.54 Å². The second-order valence-corrected chi connectivity index (χ2v) is 7.98. The zero-order chi connectivity index (χ0) is 12.1. The molecule has 4 heteroatoms. The van der Waals surface area contributed by atoms with Gasteiger partial charge in [-0.2, -0.15) is 0 Å². The zero-order valence-electron chi connectivity index (χ0n) is 10.6. The maximum absolute atomic E-state index is 11.5. The van der Waals surface area contributed by atoms with Crippen LogP contribution in [0.2, 0.25) is 0 Å². The molecule has 1 N–H and O–H groups in total. The lowest BCUT2D eigenvalue weighted by molar-refractivity contribution is 0.421. The summed E-state index contributed by atoms with van der Waals surface area (Å²) in [5.41, 5.74) is 0.122. The fraction of sp³-hybridized carbons (Fsp3) is 1.00. The Bertz CT molecular complexity index is 263. The predicted molar refractivity (Wildman–Crippen MR) is 65.9 cm³/mol. The summed E-state index contributed by atoms with van der Waals surface area (Å²) in [6, 6.07) is 0. The Labute approximate surface area is 94.6 Å². The largest absolute Gasteiger partial charge is 0.312 e. The van der Waals surface area contributed by atoms with Crippen molar-refractivity contribution in [1.29, 1.82) is 0 Å². The van der Waals surface area contributed by atoms with E-state index < -0.39 is 9.84 Å². The van der Waals surface area contributed by atoms with Crippen molar-refractivity contribution in [2.75, 3.05) is 12.3 Å². The summed E-state index contributed by atoms with van der Waals surface area (Å²) in [6.07, 6.45) is 1.67. The van der Waals surface area contributed by atoms with Crippen molar-refractivity contribution in [2.45, 2.75) is 58.2 Å². The molecule has 0 saturated heterocycles. The SMILES string of the molecule is CC(C)S(=O)(=O)CCCCNC(C)(C)C. The first-order valence-corrected chi connectivity index (χ1v) is 7.33. The first-order valence-electron chi connectivity index (χ1n) is 5.62. The van der Waals surface area contributed by atoms with Gasteiger partial charge in [0.25, 0.3) is 0 Å². The molecule has 0 saturated carbocycles.